The van der Waals surface area contributed by atoms with Gasteiger partial charge in [0.2, 0.25) is 15.9 Å². The van der Waals surface area contributed by atoms with Crippen molar-refractivity contribution in [1.82, 2.24) is 4.31 Å². The van der Waals surface area contributed by atoms with Gasteiger partial charge in [-0.15, -0.1) is 0 Å². The first-order valence-corrected chi connectivity index (χ1v) is 12.6. The molecule has 1 aliphatic heterocycles. The number of fused-ring (bicyclic) bond motifs is 1. The average molecular weight is 531 g/mol. The Kier molecular flexibility index (Phi) is 7.32. The van der Waals surface area contributed by atoms with Gasteiger partial charge in [-0.3, -0.25) is 4.79 Å². The zero-order valence-corrected chi connectivity index (χ0v) is 20.1. The summed E-state index contributed by atoms with van der Waals surface area (Å²) < 4.78 is 39.7. The molecule has 7 nitrogen and oxygen atoms in total. The lowest BCUT2D eigenvalue weighted by atomic mass is 10.1. The second-order valence-corrected chi connectivity index (χ2v) is 10.3. The number of carbonyl (C=O) groups is 1. The van der Waals surface area contributed by atoms with Crippen molar-refractivity contribution in [3.05, 3.63) is 82.8 Å². The van der Waals surface area contributed by atoms with Crippen molar-refractivity contribution in [3.63, 3.8) is 0 Å². The molecule has 0 unspecified atom stereocenters. The summed E-state index contributed by atoms with van der Waals surface area (Å²) in [5.74, 6) is 0.712. The Morgan fingerprint density at radius 2 is 1.64 bits per heavy atom. The van der Waals surface area contributed by atoms with Gasteiger partial charge in [0, 0.05) is 22.8 Å². The van der Waals surface area contributed by atoms with Crippen LogP contribution in [0.15, 0.2) is 82.2 Å². The molecule has 0 bridgehead atoms. The van der Waals surface area contributed by atoms with E-state index in [9.17, 15) is 13.2 Å². The number of anilines is 1. The van der Waals surface area contributed by atoms with E-state index >= 15 is 0 Å². The Hall–Kier alpha value is -2.88. The van der Waals surface area contributed by atoms with Gasteiger partial charge in [0.1, 0.15) is 13.2 Å². The molecule has 1 heterocycles. The molecule has 0 aromatic heterocycles. The van der Waals surface area contributed by atoms with Crippen LogP contribution in [0.3, 0.4) is 0 Å². The summed E-state index contributed by atoms with van der Waals surface area (Å²) in [5.41, 5.74) is 1.49. The summed E-state index contributed by atoms with van der Waals surface area (Å²) in [6, 6.07) is 21.0. The predicted octanol–water partition coefficient (Wildman–Crippen LogP) is 4.09. The van der Waals surface area contributed by atoms with Gasteiger partial charge in [0.25, 0.3) is 0 Å². The van der Waals surface area contributed by atoms with E-state index in [1.165, 1.54) is 16.4 Å². The summed E-state index contributed by atoms with van der Waals surface area (Å²) in [5, 5.41) is 2.77. The molecular weight excluding hydrogens is 508 g/mol. The molecule has 0 aliphatic carbocycles. The summed E-state index contributed by atoms with van der Waals surface area (Å²) in [6.07, 6.45) is 0.480. The maximum Gasteiger partial charge on any atom is 0.243 e. The molecule has 3 aromatic carbocycles. The predicted molar refractivity (Wildman–Crippen MR) is 129 cm³/mol. The third-order valence-electron chi connectivity index (χ3n) is 5.09. The Bertz CT molecular complexity index is 1220. The molecule has 0 radical (unpaired) electrons. The van der Waals surface area contributed by atoms with Crippen molar-refractivity contribution in [1.29, 1.82) is 0 Å². The number of nitrogens with one attached hydrogen (secondary N) is 1. The SMILES string of the molecule is O=C(CN(CCc1ccccc1)S(=O)(=O)c1ccc(Br)cc1)Nc1ccc2c(c1)OCCO2. The van der Waals surface area contributed by atoms with E-state index < -0.39 is 15.9 Å². The zero-order valence-electron chi connectivity index (χ0n) is 17.7. The first-order valence-electron chi connectivity index (χ1n) is 10.4. The number of amides is 1. The number of benzene rings is 3. The van der Waals surface area contributed by atoms with Gasteiger partial charge in [0.05, 0.1) is 11.4 Å². The van der Waals surface area contributed by atoms with Gasteiger partial charge in [-0.2, -0.15) is 4.31 Å². The van der Waals surface area contributed by atoms with E-state index in [-0.39, 0.29) is 18.0 Å². The van der Waals surface area contributed by atoms with Crippen molar-refractivity contribution in [2.75, 3.05) is 31.6 Å². The second-order valence-electron chi connectivity index (χ2n) is 7.43. The van der Waals surface area contributed by atoms with Crippen LogP contribution in [0.25, 0.3) is 0 Å². The monoisotopic (exact) mass is 530 g/mol. The van der Waals surface area contributed by atoms with Crippen LogP contribution in [-0.4, -0.2) is 44.9 Å². The summed E-state index contributed by atoms with van der Waals surface area (Å²) in [4.78, 5) is 13.0. The number of rotatable bonds is 8. The van der Waals surface area contributed by atoms with Gasteiger partial charge < -0.3 is 14.8 Å². The van der Waals surface area contributed by atoms with E-state index in [1.807, 2.05) is 30.3 Å². The fraction of sp³-hybridized carbons (Fsp3) is 0.208. The average Bonchev–Trinajstić information content (AvgIpc) is 2.82. The third kappa shape index (κ3) is 5.93. The molecule has 4 rings (SSSR count). The van der Waals surface area contributed by atoms with Crippen molar-refractivity contribution >= 4 is 37.5 Å². The molecule has 0 saturated heterocycles. The van der Waals surface area contributed by atoms with Crippen LogP contribution in [-0.2, 0) is 21.2 Å². The summed E-state index contributed by atoms with van der Waals surface area (Å²) >= 11 is 3.32. The van der Waals surface area contributed by atoms with Gasteiger partial charge in [-0.05, 0) is 48.4 Å². The minimum absolute atomic E-state index is 0.130. The topological polar surface area (TPSA) is 84.9 Å². The molecule has 1 N–H and O–H groups in total. The third-order valence-corrected chi connectivity index (χ3v) is 7.48. The number of ether oxygens (including phenoxy) is 2. The van der Waals surface area contributed by atoms with Gasteiger partial charge in [0.15, 0.2) is 11.5 Å². The molecule has 33 heavy (non-hydrogen) atoms. The van der Waals surface area contributed by atoms with Crippen LogP contribution < -0.4 is 14.8 Å². The zero-order chi connectivity index (χ0) is 23.3. The van der Waals surface area contributed by atoms with Crippen molar-refractivity contribution < 1.29 is 22.7 Å². The number of nitrogens with zero attached hydrogens (tertiary/aromatic N) is 1. The highest BCUT2D eigenvalue weighted by molar-refractivity contribution is 9.10. The number of carbonyl (C=O) groups excluding carboxylic acids is 1. The lowest BCUT2D eigenvalue weighted by Gasteiger charge is -2.22. The van der Waals surface area contributed by atoms with E-state index in [4.69, 9.17) is 9.47 Å². The minimum atomic E-state index is -3.88. The molecule has 1 amide bonds. The Morgan fingerprint density at radius 1 is 0.939 bits per heavy atom. The quantitative estimate of drug-likeness (QED) is 0.474. The van der Waals surface area contributed by atoms with E-state index in [1.54, 1.807) is 30.3 Å². The molecule has 0 spiro atoms. The van der Waals surface area contributed by atoms with Crippen LogP contribution in [0.4, 0.5) is 5.69 Å². The maximum absolute atomic E-state index is 13.3. The van der Waals surface area contributed by atoms with E-state index in [2.05, 4.69) is 21.2 Å². The van der Waals surface area contributed by atoms with Crippen molar-refractivity contribution in [3.8, 4) is 11.5 Å². The minimum Gasteiger partial charge on any atom is -0.486 e. The number of sulfonamides is 1. The molecular formula is C24H23BrN2O5S. The number of hydrogen-bond donors (Lipinski definition) is 1. The fourth-order valence-electron chi connectivity index (χ4n) is 3.42. The molecule has 0 atom stereocenters. The molecule has 0 saturated carbocycles. The van der Waals surface area contributed by atoms with E-state index in [0.717, 1.165) is 10.0 Å². The van der Waals surface area contributed by atoms with Crippen molar-refractivity contribution in [2.45, 2.75) is 11.3 Å². The summed E-state index contributed by atoms with van der Waals surface area (Å²) in [7, 11) is -3.88. The normalized spacial score (nSPS) is 13.0. The van der Waals surface area contributed by atoms with Gasteiger partial charge in [-0.25, -0.2) is 8.42 Å². The Labute approximate surface area is 201 Å². The smallest absolute Gasteiger partial charge is 0.243 e. The van der Waals surface area contributed by atoms with Gasteiger partial charge in [-0.1, -0.05) is 46.3 Å². The Morgan fingerprint density at radius 3 is 2.36 bits per heavy atom. The fourth-order valence-corrected chi connectivity index (χ4v) is 5.08. The van der Waals surface area contributed by atoms with Crippen LogP contribution in [0.2, 0.25) is 0 Å². The molecule has 172 valence electrons. The number of halogens is 1. The van der Waals surface area contributed by atoms with Crippen LogP contribution in [0.1, 0.15) is 5.56 Å². The van der Waals surface area contributed by atoms with Crippen LogP contribution >= 0.6 is 15.9 Å². The highest BCUT2D eigenvalue weighted by Crippen LogP contribution is 2.32. The van der Waals surface area contributed by atoms with E-state index in [0.29, 0.717) is 36.8 Å². The molecule has 3 aromatic rings. The van der Waals surface area contributed by atoms with Crippen LogP contribution in [0, 0.1) is 0 Å². The standard InChI is InChI=1S/C24H23BrN2O5S/c25-19-6-9-21(10-7-19)33(29,30)27(13-12-18-4-2-1-3-5-18)17-24(28)26-20-8-11-22-23(16-20)32-15-14-31-22/h1-11,16H,12-15,17H2,(H,26,28). The lowest BCUT2D eigenvalue weighted by Crippen LogP contribution is -2.39. The molecule has 1 aliphatic rings. The largest absolute Gasteiger partial charge is 0.486 e. The van der Waals surface area contributed by atoms with Crippen molar-refractivity contribution in [2.24, 2.45) is 0 Å². The Balaban J connectivity index is 1.52. The highest BCUT2D eigenvalue weighted by atomic mass is 79.9. The first-order chi connectivity index (χ1) is 15.9. The first kappa shape index (κ1) is 23.3. The van der Waals surface area contributed by atoms with Gasteiger partial charge >= 0.3 is 0 Å². The maximum atomic E-state index is 13.3. The lowest BCUT2D eigenvalue weighted by molar-refractivity contribution is -0.116. The molecule has 0 fully saturated rings. The molecule has 9 heteroatoms. The second kappa shape index (κ2) is 10.4. The highest BCUT2D eigenvalue weighted by Gasteiger charge is 2.27. The summed E-state index contributed by atoms with van der Waals surface area (Å²) in [6.45, 7) is 0.753. The van der Waals surface area contributed by atoms with Crippen LogP contribution in [0.5, 0.6) is 11.5 Å². The number of hydrogen-bond acceptors (Lipinski definition) is 5.